The molecule has 1 saturated carbocycles. The van der Waals surface area contributed by atoms with Crippen LogP contribution in [0.25, 0.3) is 0 Å². The predicted octanol–water partition coefficient (Wildman–Crippen LogP) is 1.81. The molecule has 1 aliphatic rings. The summed E-state index contributed by atoms with van der Waals surface area (Å²) in [5.41, 5.74) is 0.959. The summed E-state index contributed by atoms with van der Waals surface area (Å²) in [4.78, 5) is 26.3. The molecule has 2 rings (SSSR count). The molecular formula is C11H11BrN2O3. The quantitative estimate of drug-likeness (QED) is 0.892. The number of hydrogen-bond acceptors (Lipinski definition) is 3. The second kappa shape index (κ2) is 4.44. The third kappa shape index (κ3) is 2.63. The largest absolute Gasteiger partial charge is 0.481 e. The minimum Gasteiger partial charge on any atom is -0.481 e. The number of hydrogen-bond donors (Lipinski definition) is 2. The second-order valence-electron chi connectivity index (χ2n) is 4.09. The first-order valence-corrected chi connectivity index (χ1v) is 5.94. The van der Waals surface area contributed by atoms with Crippen LogP contribution in [0, 0.1) is 18.8 Å². The Balaban J connectivity index is 2.00. The van der Waals surface area contributed by atoms with Crippen LogP contribution in [0.15, 0.2) is 16.7 Å². The van der Waals surface area contributed by atoms with Crippen molar-refractivity contribution in [1.82, 2.24) is 4.98 Å². The number of anilines is 1. The number of carbonyl (C=O) groups excluding carboxylic acids is 1. The molecule has 90 valence electrons. The van der Waals surface area contributed by atoms with Gasteiger partial charge in [-0.2, -0.15) is 0 Å². The molecule has 0 spiro atoms. The van der Waals surface area contributed by atoms with E-state index in [1.54, 1.807) is 12.3 Å². The minimum absolute atomic E-state index is 0.272. The van der Waals surface area contributed by atoms with E-state index in [9.17, 15) is 9.59 Å². The SMILES string of the molecule is Cc1cc(NC(=O)[C@@H]2C[C@@H]2C(=O)O)ncc1Br. The van der Waals surface area contributed by atoms with Crippen LogP contribution in [-0.4, -0.2) is 22.0 Å². The number of halogens is 1. The van der Waals surface area contributed by atoms with Crippen molar-refractivity contribution in [3.05, 3.63) is 22.3 Å². The maximum Gasteiger partial charge on any atom is 0.307 e. The van der Waals surface area contributed by atoms with Gasteiger partial charge >= 0.3 is 5.97 Å². The first-order chi connectivity index (χ1) is 7.99. The monoisotopic (exact) mass is 298 g/mol. The van der Waals surface area contributed by atoms with Crippen molar-refractivity contribution >= 4 is 33.6 Å². The number of amides is 1. The number of pyridine rings is 1. The Kier molecular flexibility index (Phi) is 3.15. The number of rotatable bonds is 3. The molecule has 17 heavy (non-hydrogen) atoms. The average molecular weight is 299 g/mol. The van der Waals surface area contributed by atoms with Crippen molar-refractivity contribution < 1.29 is 14.7 Å². The number of nitrogens with zero attached hydrogens (tertiary/aromatic N) is 1. The van der Waals surface area contributed by atoms with Crippen LogP contribution in [0.5, 0.6) is 0 Å². The van der Waals surface area contributed by atoms with Crippen molar-refractivity contribution in [3.8, 4) is 0 Å². The van der Waals surface area contributed by atoms with E-state index in [0.29, 0.717) is 12.2 Å². The smallest absolute Gasteiger partial charge is 0.307 e. The van der Waals surface area contributed by atoms with Gasteiger partial charge in [0.05, 0.1) is 11.8 Å². The Morgan fingerprint density at radius 1 is 1.53 bits per heavy atom. The highest BCUT2D eigenvalue weighted by Gasteiger charge is 2.48. The van der Waals surface area contributed by atoms with E-state index in [0.717, 1.165) is 10.0 Å². The maximum absolute atomic E-state index is 11.7. The van der Waals surface area contributed by atoms with Crippen LogP contribution in [0.3, 0.4) is 0 Å². The van der Waals surface area contributed by atoms with Gasteiger partial charge in [-0.1, -0.05) is 0 Å². The van der Waals surface area contributed by atoms with E-state index >= 15 is 0 Å². The highest BCUT2D eigenvalue weighted by atomic mass is 79.9. The lowest BCUT2D eigenvalue weighted by molar-refractivity contribution is -0.139. The maximum atomic E-state index is 11.7. The summed E-state index contributed by atoms with van der Waals surface area (Å²) >= 11 is 3.31. The lowest BCUT2D eigenvalue weighted by atomic mass is 10.2. The standard InChI is InChI=1S/C11H11BrN2O3/c1-5-2-9(13-4-8(5)12)14-10(15)6-3-7(6)11(16)17/h2,4,6-7H,3H2,1H3,(H,16,17)(H,13,14,15)/t6-,7+/m1/s1. The third-order valence-electron chi connectivity index (χ3n) is 2.74. The molecule has 0 saturated heterocycles. The molecule has 1 aromatic heterocycles. The summed E-state index contributed by atoms with van der Waals surface area (Å²) in [5.74, 6) is -1.69. The molecule has 0 radical (unpaired) electrons. The number of carboxylic acid groups (broad SMARTS) is 1. The molecule has 2 N–H and O–H groups in total. The van der Waals surface area contributed by atoms with Crippen LogP contribution < -0.4 is 5.32 Å². The molecule has 5 nitrogen and oxygen atoms in total. The molecule has 0 bridgehead atoms. The average Bonchev–Trinajstić information content (AvgIpc) is 3.03. The summed E-state index contributed by atoms with van der Waals surface area (Å²) in [6.45, 7) is 1.89. The van der Waals surface area contributed by atoms with Crippen molar-refractivity contribution in [2.45, 2.75) is 13.3 Å². The lowest BCUT2D eigenvalue weighted by Gasteiger charge is -2.05. The molecule has 1 aromatic rings. The van der Waals surface area contributed by atoms with E-state index in [4.69, 9.17) is 5.11 Å². The molecule has 0 aromatic carbocycles. The van der Waals surface area contributed by atoms with E-state index in [1.807, 2.05) is 6.92 Å². The molecule has 1 aliphatic carbocycles. The summed E-state index contributed by atoms with van der Waals surface area (Å²) in [7, 11) is 0. The van der Waals surface area contributed by atoms with Crippen LogP contribution in [0.4, 0.5) is 5.82 Å². The molecule has 1 fully saturated rings. The fourth-order valence-electron chi connectivity index (χ4n) is 1.58. The Morgan fingerprint density at radius 3 is 2.76 bits per heavy atom. The zero-order chi connectivity index (χ0) is 12.6. The van der Waals surface area contributed by atoms with Crippen LogP contribution in [-0.2, 0) is 9.59 Å². The predicted molar refractivity (Wildman–Crippen MR) is 64.5 cm³/mol. The summed E-state index contributed by atoms with van der Waals surface area (Å²) in [6.07, 6.45) is 2.02. The van der Waals surface area contributed by atoms with Gasteiger partial charge in [0.15, 0.2) is 0 Å². The third-order valence-corrected chi connectivity index (χ3v) is 3.57. The Hall–Kier alpha value is -1.43. The van der Waals surface area contributed by atoms with Gasteiger partial charge in [0.25, 0.3) is 0 Å². The van der Waals surface area contributed by atoms with Crippen LogP contribution in [0.2, 0.25) is 0 Å². The number of aryl methyl sites for hydroxylation is 1. The number of carbonyl (C=O) groups is 2. The minimum atomic E-state index is -0.912. The van der Waals surface area contributed by atoms with Crippen molar-refractivity contribution in [3.63, 3.8) is 0 Å². The lowest BCUT2D eigenvalue weighted by Crippen LogP contribution is -2.17. The Bertz CT molecular complexity index is 490. The normalized spacial score (nSPS) is 22.0. The number of aliphatic carboxylic acids is 1. The summed E-state index contributed by atoms with van der Waals surface area (Å²) in [5, 5.41) is 11.3. The summed E-state index contributed by atoms with van der Waals surface area (Å²) in [6, 6.07) is 1.74. The molecule has 0 aliphatic heterocycles. The topological polar surface area (TPSA) is 79.3 Å². The van der Waals surface area contributed by atoms with Crippen molar-refractivity contribution in [2.75, 3.05) is 5.32 Å². The molecule has 2 atom stereocenters. The Morgan fingerprint density at radius 2 is 2.24 bits per heavy atom. The molecule has 1 heterocycles. The van der Waals surface area contributed by atoms with Gasteiger partial charge in [0.2, 0.25) is 5.91 Å². The van der Waals surface area contributed by atoms with E-state index in [-0.39, 0.29) is 5.91 Å². The van der Waals surface area contributed by atoms with Crippen molar-refractivity contribution in [1.29, 1.82) is 0 Å². The first-order valence-electron chi connectivity index (χ1n) is 5.15. The first kappa shape index (κ1) is 12.0. The molecule has 0 unspecified atom stereocenters. The van der Waals surface area contributed by atoms with Gasteiger partial charge in [-0.3, -0.25) is 9.59 Å². The highest BCUT2D eigenvalue weighted by Crippen LogP contribution is 2.39. The Labute approximate surface area is 106 Å². The van der Waals surface area contributed by atoms with E-state index in [2.05, 4.69) is 26.2 Å². The molecule has 6 heteroatoms. The van der Waals surface area contributed by atoms with Gasteiger partial charge in [-0.15, -0.1) is 0 Å². The zero-order valence-corrected chi connectivity index (χ0v) is 10.7. The van der Waals surface area contributed by atoms with Gasteiger partial charge in [0, 0.05) is 10.7 Å². The van der Waals surface area contributed by atoms with Crippen LogP contribution >= 0.6 is 15.9 Å². The van der Waals surface area contributed by atoms with E-state index < -0.39 is 17.8 Å². The zero-order valence-electron chi connectivity index (χ0n) is 9.11. The number of nitrogens with one attached hydrogen (secondary N) is 1. The van der Waals surface area contributed by atoms with E-state index in [1.165, 1.54) is 0 Å². The number of aromatic nitrogens is 1. The van der Waals surface area contributed by atoms with Crippen molar-refractivity contribution in [2.24, 2.45) is 11.8 Å². The van der Waals surface area contributed by atoms with Crippen LogP contribution in [0.1, 0.15) is 12.0 Å². The van der Waals surface area contributed by atoms with Gasteiger partial charge in [-0.05, 0) is 40.9 Å². The fraction of sp³-hybridized carbons (Fsp3) is 0.364. The van der Waals surface area contributed by atoms with Gasteiger partial charge < -0.3 is 10.4 Å². The second-order valence-corrected chi connectivity index (χ2v) is 4.95. The van der Waals surface area contributed by atoms with Gasteiger partial charge in [0.1, 0.15) is 5.82 Å². The highest BCUT2D eigenvalue weighted by molar-refractivity contribution is 9.10. The molecule has 1 amide bonds. The summed E-state index contributed by atoms with van der Waals surface area (Å²) < 4.78 is 0.866. The number of carboxylic acids is 1. The molecular weight excluding hydrogens is 288 g/mol. The fourth-order valence-corrected chi connectivity index (χ4v) is 1.80. The van der Waals surface area contributed by atoms with Gasteiger partial charge in [-0.25, -0.2) is 4.98 Å².